The van der Waals surface area contributed by atoms with E-state index in [2.05, 4.69) is 16.3 Å². The summed E-state index contributed by atoms with van der Waals surface area (Å²) in [5, 5.41) is 11.6. The summed E-state index contributed by atoms with van der Waals surface area (Å²) in [6.45, 7) is 4.64. The molecule has 80 valence electrons. The summed E-state index contributed by atoms with van der Waals surface area (Å²) in [6, 6.07) is 2.62. The lowest BCUT2D eigenvalue weighted by Gasteiger charge is -2.15. The summed E-state index contributed by atoms with van der Waals surface area (Å²) in [5.74, 6) is 0. The smallest absolute Gasteiger partial charge is 0.0843 e. The summed E-state index contributed by atoms with van der Waals surface area (Å²) >= 11 is 0. The Morgan fingerprint density at radius 3 is 3.21 bits per heavy atom. The molecule has 0 aromatic rings. The van der Waals surface area contributed by atoms with Crippen LogP contribution in [0.1, 0.15) is 12.8 Å². The molecule has 0 radical (unpaired) electrons. The molecule has 1 aliphatic rings. The van der Waals surface area contributed by atoms with Crippen LogP contribution in [0.3, 0.4) is 0 Å². The van der Waals surface area contributed by atoms with Crippen molar-refractivity contribution in [3.8, 4) is 6.07 Å². The Balaban J connectivity index is 2.05. The Labute approximate surface area is 85.8 Å². The monoisotopic (exact) mass is 197 g/mol. The average molecular weight is 197 g/mol. The molecule has 1 atom stereocenters. The summed E-state index contributed by atoms with van der Waals surface area (Å²) in [4.78, 5) is 2.42. The Kier molecular flexibility index (Phi) is 5.53. The minimum atomic E-state index is 0.469. The predicted octanol–water partition coefficient (Wildman–Crippen LogP) is 0.210. The quantitative estimate of drug-likeness (QED) is 0.488. The van der Waals surface area contributed by atoms with Crippen LogP contribution in [0.5, 0.6) is 0 Å². The third kappa shape index (κ3) is 4.05. The number of likely N-dealkylation sites (tertiary alicyclic amines) is 1. The fraction of sp³-hybridized carbons (Fsp3) is 0.900. The lowest BCUT2D eigenvalue weighted by atomic mass is 10.3. The molecule has 1 fully saturated rings. The van der Waals surface area contributed by atoms with Crippen LogP contribution in [0.25, 0.3) is 0 Å². The molecule has 0 bridgehead atoms. The Morgan fingerprint density at radius 1 is 1.64 bits per heavy atom. The van der Waals surface area contributed by atoms with Crippen LogP contribution >= 0.6 is 0 Å². The molecule has 1 heterocycles. The predicted molar refractivity (Wildman–Crippen MR) is 55.0 cm³/mol. The van der Waals surface area contributed by atoms with Crippen LogP contribution in [-0.2, 0) is 4.74 Å². The van der Waals surface area contributed by atoms with E-state index < -0.39 is 0 Å². The zero-order chi connectivity index (χ0) is 10.2. The molecule has 0 aliphatic carbocycles. The van der Waals surface area contributed by atoms with E-state index in [4.69, 9.17) is 10.00 Å². The number of methoxy groups -OCH3 is 1. The van der Waals surface area contributed by atoms with E-state index in [-0.39, 0.29) is 0 Å². The molecule has 0 spiro atoms. The number of ether oxygens (including phenoxy) is 1. The van der Waals surface area contributed by atoms with Crippen LogP contribution in [0, 0.1) is 11.3 Å². The van der Waals surface area contributed by atoms with Gasteiger partial charge in [-0.2, -0.15) is 5.26 Å². The van der Waals surface area contributed by atoms with E-state index in [9.17, 15) is 0 Å². The minimum absolute atomic E-state index is 0.469. The highest BCUT2D eigenvalue weighted by Gasteiger charge is 2.20. The van der Waals surface area contributed by atoms with E-state index in [0.29, 0.717) is 12.6 Å². The Bertz CT molecular complexity index is 190. The van der Waals surface area contributed by atoms with E-state index >= 15 is 0 Å². The van der Waals surface area contributed by atoms with Crippen molar-refractivity contribution in [3.05, 3.63) is 0 Å². The number of hydrogen-bond donors (Lipinski definition) is 1. The maximum absolute atomic E-state index is 8.42. The van der Waals surface area contributed by atoms with Crippen molar-refractivity contribution in [1.82, 2.24) is 10.2 Å². The fourth-order valence-corrected chi connectivity index (χ4v) is 1.82. The van der Waals surface area contributed by atoms with Gasteiger partial charge >= 0.3 is 0 Å². The second kappa shape index (κ2) is 6.77. The number of nitrogens with one attached hydrogen (secondary N) is 1. The van der Waals surface area contributed by atoms with Gasteiger partial charge in [-0.05, 0) is 19.4 Å². The normalized spacial score (nSPS) is 22.4. The molecule has 1 N–H and O–H groups in total. The van der Waals surface area contributed by atoms with E-state index in [1.807, 2.05) is 0 Å². The average Bonchev–Trinajstić information content (AvgIpc) is 2.63. The second-order valence-corrected chi connectivity index (χ2v) is 3.67. The van der Waals surface area contributed by atoms with Gasteiger partial charge in [0, 0.05) is 32.8 Å². The van der Waals surface area contributed by atoms with Gasteiger partial charge < -0.3 is 15.0 Å². The lowest BCUT2D eigenvalue weighted by molar-refractivity contribution is 0.178. The van der Waals surface area contributed by atoms with Gasteiger partial charge in [0.25, 0.3) is 0 Å². The second-order valence-electron chi connectivity index (χ2n) is 3.67. The summed E-state index contributed by atoms with van der Waals surface area (Å²) in [5.41, 5.74) is 0. The molecule has 4 heteroatoms. The standard InChI is InChI=1S/C10H19N3O/c1-14-8-2-6-13-7-3-10(9-13)12-5-4-11/h10,12H,2-3,5-9H2,1H3. The lowest BCUT2D eigenvalue weighted by Crippen LogP contribution is -2.33. The Hall–Kier alpha value is -0.630. The van der Waals surface area contributed by atoms with Gasteiger partial charge in [-0.1, -0.05) is 0 Å². The van der Waals surface area contributed by atoms with Gasteiger partial charge in [0.1, 0.15) is 0 Å². The zero-order valence-electron chi connectivity index (χ0n) is 8.83. The number of rotatable bonds is 6. The summed E-state index contributed by atoms with van der Waals surface area (Å²) < 4.78 is 5.01. The largest absolute Gasteiger partial charge is 0.385 e. The van der Waals surface area contributed by atoms with Crippen molar-refractivity contribution in [3.63, 3.8) is 0 Å². The molecule has 0 saturated carbocycles. The highest BCUT2D eigenvalue weighted by molar-refractivity contribution is 4.84. The highest BCUT2D eigenvalue weighted by Crippen LogP contribution is 2.08. The molecule has 0 aromatic carbocycles. The molecule has 0 amide bonds. The van der Waals surface area contributed by atoms with Crippen LogP contribution in [0.2, 0.25) is 0 Å². The maximum atomic E-state index is 8.42. The third-order valence-electron chi connectivity index (χ3n) is 2.56. The summed E-state index contributed by atoms with van der Waals surface area (Å²) in [7, 11) is 1.74. The molecule has 1 aliphatic heterocycles. The van der Waals surface area contributed by atoms with Crippen molar-refractivity contribution < 1.29 is 4.74 Å². The number of nitrogens with zero attached hydrogens (tertiary/aromatic N) is 2. The highest BCUT2D eigenvalue weighted by atomic mass is 16.5. The first-order valence-corrected chi connectivity index (χ1v) is 5.18. The van der Waals surface area contributed by atoms with Crippen molar-refractivity contribution in [1.29, 1.82) is 5.26 Å². The molecule has 1 rings (SSSR count). The Morgan fingerprint density at radius 2 is 2.50 bits per heavy atom. The first kappa shape index (κ1) is 11.4. The van der Waals surface area contributed by atoms with Gasteiger partial charge in [0.2, 0.25) is 0 Å². The topological polar surface area (TPSA) is 48.3 Å². The van der Waals surface area contributed by atoms with Gasteiger partial charge in [-0.15, -0.1) is 0 Å². The molecular formula is C10H19N3O. The first-order valence-electron chi connectivity index (χ1n) is 5.18. The van der Waals surface area contributed by atoms with Crippen LogP contribution < -0.4 is 5.32 Å². The first-order chi connectivity index (χ1) is 6.86. The number of nitriles is 1. The van der Waals surface area contributed by atoms with Crippen LogP contribution in [0.15, 0.2) is 0 Å². The summed E-state index contributed by atoms with van der Waals surface area (Å²) in [6.07, 6.45) is 2.26. The van der Waals surface area contributed by atoms with Gasteiger partial charge in [-0.3, -0.25) is 0 Å². The molecule has 14 heavy (non-hydrogen) atoms. The third-order valence-corrected chi connectivity index (χ3v) is 2.56. The number of hydrogen-bond acceptors (Lipinski definition) is 4. The molecule has 1 saturated heterocycles. The van der Waals surface area contributed by atoms with Crippen molar-refractivity contribution in [2.24, 2.45) is 0 Å². The minimum Gasteiger partial charge on any atom is -0.385 e. The van der Waals surface area contributed by atoms with Gasteiger partial charge in [0.05, 0.1) is 12.6 Å². The van der Waals surface area contributed by atoms with E-state index in [0.717, 1.165) is 39.1 Å². The van der Waals surface area contributed by atoms with Crippen LogP contribution in [-0.4, -0.2) is 50.8 Å². The van der Waals surface area contributed by atoms with Gasteiger partial charge in [0.15, 0.2) is 0 Å². The zero-order valence-corrected chi connectivity index (χ0v) is 8.83. The van der Waals surface area contributed by atoms with E-state index in [1.165, 1.54) is 0 Å². The molecule has 4 nitrogen and oxygen atoms in total. The van der Waals surface area contributed by atoms with E-state index in [1.54, 1.807) is 7.11 Å². The van der Waals surface area contributed by atoms with Crippen molar-refractivity contribution >= 4 is 0 Å². The fourth-order valence-electron chi connectivity index (χ4n) is 1.82. The molecule has 0 aromatic heterocycles. The van der Waals surface area contributed by atoms with Crippen molar-refractivity contribution in [2.75, 3.05) is 39.9 Å². The molecular weight excluding hydrogens is 178 g/mol. The van der Waals surface area contributed by atoms with Crippen molar-refractivity contribution in [2.45, 2.75) is 18.9 Å². The van der Waals surface area contributed by atoms with Crippen LogP contribution in [0.4, 0.5) is 0 Å². The maximum Gasteiger partial charge on any atom is 0.0843 e. The van der Waals surface area contributed by atoms with Gasteiger partial charge in [-0.25, -0.2) is 0 Å². The molecule has 1 unspecified atom stereocenters. The SMILES string of the molecule is COCCCN1CCC(NCC#N)C1.